The number of hydrogen-bond donors (Lipinski definition) is 1. The molecule has 0 spiro atoms. The summed E-state index contributed by atoms with van der Waals surface area (Å²) in [6.07, 6.45) is 1.04. The first-order chi connectivity index (χ1) is 10.8. The zero-order valence-corrected chi connectivity index (χ0v) is 14.4. The van der Waals surface area contributed by atoms with Crippen LogP contribution in [0.15, 0.2) is 53.4 Å². The lowest BCUT2D eigenvalue weighted by Gasteiger charge is -2.11. The van der Waals surface area contributed by atoms with Gasteiger partial charge in [0.2, 0.25) is 0 Å². The highest BCUT2D eigenvalue weighted by atomic mass is 32.2. The van der Waals surface area contributed by atoms with Crippen LogP contribution in [0.5, 0.6) is 0 Å². The van der Waals surface area contributed by atoms with Crippen molar-refractivity contribution in [3.8, 4) is 0 Å². The summed E-state index contributed by atoms with van der Waals surface area (Å²) in [6.45, 7) is 5.70. The lowest BCUT2D eigenvalue weighted by atomic mass is 9.99. The number of benzene rings is 2. The summed E-state index contributed by atoms with van der Waals surface area (Å²) in [4.78, 5) is 11.4. The smallest absolute Gasteiger partial charge is 0.261 e. The van der Waals surface area contributed by atoms with Crippen LogP contribution in [-0.4, -0.2) is 14.2 Å². The van der Waals surface area contributed by atoms with E-state index >= 15 is 0 Å². The van der Waals surface area contributed by atoms with E-state index in [-0.39, 0.29) is 10.7 Å². The second kappa shape index (κ2) is 6.96. The number of Topliss-reactive ketones (excluding diaryl/α,β-unsaturated/α-hetero) is 1. The van der Waals surface area contributed by atoms with E-state index in [1.807, 2.05) is 12.1 Å². The molecule has 0 saturated carbocycles. The number of hydrogen-bond acceptors (Lipinski definition) is 3. The van der Waals surface area contributed by atoms with Crippen molar-refractivity contribution in [2.24, 2.45) is 0 Å². The third-order valence-electron chi connectivity index (χ3n) is 3.92. The molecule has 0 unspecified atom stereocenters. The Balaban J connectivity index is 2.19. The van der Waals surface area contributed by atoms with Gasteiger partial charge in [-0.2, -0.15) is 0 Å². The predicted octanol–water partition coefficient (Wildman–Crippen LogP) is 4.20. The van der Waals surface area contributed by atoms with E-state index in [2.05, 4.69) is 18.6 Å². The minimum atomic E-state index is -3.66. The number of carbonyl (C=O) groups is 1. The number of sulfonamides is 1. The van der Waals surface area contributed by atoms with Crippen LogP contribution in [0, 0.1) is 0 Å². The molecule has 5 heteroatoms. The third kappa shape index (κ3) is 4.20. The van der Waals surface area contributed by atoms with Gasteiger partial charge >= 0.3 is 0 Å². The van der Waals surface area contributed by atoms with Gasteiger partial charge in [-0.25, -0.2) is 8.42 Å². The van der Waals surface area contributed by atoms with E-state index in [1.165, 1.54) is 36.8 Å². The van der Waals surface area contributed by atoms with Gasteiger partial charge in [0.05, 0.1) is 4.90 Å². The molecular formula is C18H21NO3S. The largest absolute Gasteiger partial charge is 0.295 e. The molecule has 1 N–H and O–H groups in total. The minimum Gasteiger partial charge on any atom is -0.295 e. The first-order valence-electron chi connectivity index (χ1n) is 7.57. The second-order valence-corrected chi connectivity index (χ2v) is 7.30. The molecule has 122 valence electrons. The Hall–Kier alpha value is -2.14. The molecule has 23 heavy (non-hydrogen) atoms. The van der Waals surface area contributed by atoms with Gasteiger partial charge in [0.1, 0.15) is 0 Å². The SMILES string of the molecule is CC[C@H](C)c1ccc(NS(=O)(=O)c2ccc(C(C)=O)cc2)cc1. The first-order valence-corrected chi connectivity index (χ1v) is 9.05. The lowest BCUT2D eigenvalue weighted by molar-refractivity contribution is 0.101. The van der Waals surface area contributed by atoms with E-state index in [4.69, 9.17) is 0 Å². The normalized spacial score (nSPS) is 12.7. The van der Waals surface area contributed by atoms with Crippen LogP contribution in [0.25, 0.3) is 0 Å². The fourth-order valence-electron chi connectivity index (χ4n) is 2.20. The maximum Gasteiger partial charge on any atom is 0.261 e. The van der Waals surface area contributed by atoms with Gasteiger partial charge in [0, 0.05) is 11.3 Å². The minimum absolute atomic E-state index is 0.0949. The molecule has 0 saturated heterocycles. The Kier molecular flexibility index (Phi) is 5.21. The van der Waals surface area contributed by atoms with Gasteiger partial charge in [0.25, 0.3) is 10.0 Å². The number of nitrogens with one attached hydrogen (secondary N) is 1. The Bertz CT molecular complexity index is 778. The van der Waals surface area contributed by atoms with Crippen molar-refractivity contribution in [1.29, 1.82) is 0 Å². The van der Waals surface area contributed by atoms with Gasteiger partial charge in [-0.3, -0.25) is 9.52 Å². The molecule has 0 fully saturated rings. The van der Waals surface area contributed by atoms with Crippen LogP contribution in [0.2, 0.25) is 0 Å². The average molecular weight is 331 g/mol. The summed E-state index contributed by atoms with van der Waals surface area (Å²) in [7, 11) is -3.66. The molecule has 0 radical (unpaired) electrons. The van der Waals surface area contributed by atoms with Gasteiger partial charge in [0.15, 0.2) is 5.78 Å². The van der Waals surface area contributed by atoms with E-state index < -0.39 is 10.0 Å². The van der Waals surface area contributed by atoms with Crippen LogP contribution in [0.4, 0.5) is 5.69 Å². The van der Waals surface area contributed by atoms with E-state index in [1.54, 1.807) is 12.1 Å². The Morgan fingerprint density at radius 1 is 1.04 bits per heavy atom. The van der Waals surface area contributed by atoms with Crippen LogP contribution in [0.3, 0.4) is 0 Å². The maximum absolute atomic E-state index is 12.4. The molecule has 0 aliphatic heterocycles. The van der Waals surface area contributed by atoms with Crippen LogP contribution < -0.4 is 4.72 Å². The zero-order chi connectivity index (χ0) is 17.0. The first kappa shape index (κ1) is 17.2. The maximum atomic E-state index is 12.4. The Morgan fingerprint density at radius 3 is 2.09 bits per heavy atom. The van der Waals surface area contributed by atoms with Crippen molar-refractivity contribution in [1.82, 2.24) is 0 Å². The summed E-state index contributed by atoms with van der Waals surface area (Å²) < 4.78 is 27.3. The van der Waals surface area contributed by atoms with Gasteiger partial charge in [-0.15, -0.1) is 0 Å². The number of anilines is 1. The van der Waals surface area contributed by atoms with E-state index in [9.17, 15) is 13.2 Å². The lowest BCUT2D eigenvalue weighted by Crippen LogP contribution is -2.13. The summed E-state index contributed by atoms with van der Waals surface area (Å²) in [5.41, 5.74) is 2.19. The van der Waals surface area contributed by atoms with Crippen molar-refractivity contribution in [3.05, 3.63) is 59.7 Å². The Morgan fingerprint density at radius 2 is 1.61 bits per heavy atom. The van der Waals surface area contributed by atoms with Gasteiger partial charge in [-0.05, 0) is 49.1 Å². The highest BCUT2D eigenvalue weighted by molar-refractivity contribution is 7.92. The van der Waals surface area contributed by atoms with Crippen molar-refractivity contribution < 1.29 is 13.2 Å². The topological polar surface area (TPSA) is 63.2 Å². The van der Waals surface area contributed by atoms with Crippen molar-refractivity contribution in [2.75, 3.05) is 4.72 Å². The number of carbonyl (C=O) groups excluding carboxylic acids is 1. The molecule has 2 aromatic carbocycles. The Labute approximate surface area is 137 Å². The monoisotopic (exact) mass is 331 g/mol. The van der Waals surface area contributed by atoms with Gasteiger partial charge in [-0.1, -0.05) is 38.1 Å². The molecule has 0 aromatic heterocycles. The van der Waals surface area contributed by atoms with Crippen LogP contribution in [0.1, 0.15) is 49.0 Å². The van der Waals surface area contributed by atoms with Crippen molar-refractivity contribution in [2.45, 2.75) is 38.0 Å². The highest BCUT2D eigenvalue weighted by Gasteiger charge is 2.14. The summed E-state index contributed by atoms with van der Waals surface area (Å²) in [5, 5.41) is 0. The number of ketones is 1. The molecule has 0 bridgehead atoms. The molecular weight excluding hydrogens is 310 g/mol. The molecule has 0 aliphatic rings. The fourth-order valence-corrected chi connectivity index (χ4v) is 3.26. The summed E-state index contributed by atoms with van der Waals surface area (Å²) in [6, 6.07) is 13.3. The number of rotatable bonds is 6. The highest BCUT2D eigenvalue weighted by Crippen LogP contribution is 2.22. The molecule has 2 rings (SSSR count). The van der Waals surface area contributed by atoms with E-state index in [0.717, 1.165) is 6.42 Å². The molecule has 0 heterocycles. The second-order valence-electron chi connectivity index (χ2n) is 5.62. The predicted molar refractivity (Wildman–Crippen MR) is 92.4 cm³/mol. The van der Waals surface area contributed by atoms with Crippen molar-refractivity contribution in [3.63, 3.8) is 0 Å². The van der Waals surface area contributed by atoms with Crippen molar-refractivity contribution >= 4 is 21.5 Å². The van der Waals surface area contributed by atoms with Gasteiger partial charge < -0.3 is 0 Å². The molecule has 2 aromatic rings. The molecule has 0 amide bonds. The third-order valence-corrected chi connectivity index (χ3v) is 5.31. The average Bonchev–Trinajstić information content (AvgIpc) is 2.54. The standard InChI is InChI=1S/C18H21NO3S/c1-4-13(2)15-5-9-17(10-6-15)19-23(21,22)18-11-7-16(8-12-18)14(3)20/h5-13,19H,4H2,1-3H3/t13-/m0/s1. The zero-order valence-electron chi connectivity index (χ0n) is 13.5. The summed E-state index contributed by atoms with van der Waals surface area (Å²) >= 11 is 0. The summed E-state index contributed by atoms with van der Waals surface area (Å²) in [5.74, 6) is 0.349. The molecule has 4 nitrogen and oxygen atoms in total. The van der Waals surface area contributed by atoms with Crippen LogP contribution in [-0.2, 0) is 10.0 Å². The fraction of sp³-hybridized carbons (Fsp3) is 0.278. The van der Waals surface area contributed by atoms with E-state index in [0.29, 0.717) is 17.2 Å². The molecule has 1 atom stereocenters. The quantitative estimate of drug-likeness (QED) is 0.807. The molecule has 0 aliphatic carbocycles. The van der Waals surface area contributed by atoms with Crippen LogP contribution >= 0.6 is 0 Å².